The summed E-state index contributed by atoms with van der Waals surface area (Å²) in [5, 5.41) is 2.87. The molecule has 0 heterocycles. The fourth-order valence-electron chi connectivity index (χ4n) is 5.28. The Hall–Kier alpha value is -2.02. The van der Waals surface area contributed by atoms with E-state index in [1.165, 1.54) is 5.56 Å². The van der Waals surface area contributed by atoms with E-state index in [9.17, 15) is 18.0 Å². The average molecular weight is 422 g/mol. The van der Waals surface area contributed by atoms with Crippen LogP contribution in [0, 0.1) is 5.41 Å². The number of amides is 1. The van der Waals surface area contributed by atoms with Gasteiger partial charge in [0.1, 0.15) is 12.4 Å². The van der Waals surface area contributed by atoms with Crippen molar-refractivity contribution in [2.75, 3.05) is 13.2 Å². The Morgan fingerprint density at radius 1 is 1.10 bits per heavy atom. The van der Waals surface area contributed by atoms with Crippen LogP contribution in [0.1, 0.15) is 56.9 Å². The van der Waals surface area contributed by atoms with Crippen LogP contribution >= 0.6 is 0 Å². The number of ether oxygens (including phenoxy) is 1. The first kappa shape index (κ1) is 21.2. The van der Waals surface area contributed by atoms with Crippen molar-refractivity contribution in [3.05, 3.63) is 41.7 Å². The summed E-state index contributed by atoms with van der Waals surface area (Å²) in [6.45, 7) is 0.248. The van der Waals surface area contributed by atoms with E-state index in [2.05, 4.69) is 17.4 Å². The molecule has 0 unspecified atom stereocenters. The van der Waals surface area contributed by atoms with E-state index in [1.54, 1.807) is 0 Å². The Balaban J connectivity index is 1.35. The molecule has 2 bridgehead atoms. The van der Waals surface area contributed by atoms with Gasteiger partial charge < -0.3 is 15.8 Å². The summed E-state index contributed by atoms with van der Waals surface area (Å²) in [6.07, 6.45) is 5.15. The van der Waals surface area contributed by atoms with Gasteiger partial charge in [-0.25, -0.2) is 13.2 Å². The van der Waals surface area contributed by atoms with Gasteiger partial charge >= 0.3 is 0 Å². The summed E-state index contributed by atoms with van der Waals surface area (Å²) in [4.78, 5) is 12.8. The Morgan fingerprint density at radius 3 is 2.20 bits per heavy atom. The maximum Gasteiger partial charge on any atom is 0.252 e. The third kappa shape index (κ3) is 3.96. The second-order valence-corrected chi connectivity index (χ2v) is 9.28. The zero-order valence-electron chi connectivity index (χ0n) is 17.1. The van der Waals surface area contributed by atoms with Gasteiger partial charge in [-0.15, -0.1) is 0 Å². The number of rotatable bonds is 7. The van der Waals surface area contributed by atoms with E-state index in [-0.39, 0.29) is 43.4 Å². The first-order valence-electron chi connectivity index (χ1n) is 10.7. The Labute approximate surface area is 175 Å². The van der Waals surface area contributed by atoms with Crippen LogP contribution in [0.15, 0.2) is 36.2 Å². The second-order valence-electron chi connectivity index (χ2n) is 9.28. The van der Waals surface area contributed by atoms with Gasteiger partial charge in [-0.3, -0.25) is 4.79 Å². The highest BCUT2D eigenvalue weighted by molar-refractivity contribution is 5.83. The van der Waals surface area contributed by atoms with Crippen LogP contribution in [0.4, 0.5) is 13.2 Å². The summed E-state index contributed by atoms with van der Waals surface area (Å²) < 4.78 is 44.3. The molecule has 4 saturated carbocycles. The van der Waals surface area contributed by atoms with Gasteiger partial charge in [0.2, 0.25) is 5.91 Å². The van der Waals surface area contributed by atoms with Crippen molar-refractivity contribution >= 4 is 5.91 Å². The summed E-state index contributed by atoms with van der Waals surface area (Å²) in [7, 11) is 0. The van der Waals surface area contributed by atoms with Gasteiger partial charge in [0.25, 0.3) is 5.92 Å². The molecule has 4 nitrogen and oxygen atoms in total. The third-order valence-electron chi connectivity index (χ3n) is 7.46. The monoisotopic (exact) mass is 422 g/mol. The van der Waals surface area contributed by atoms with E-state index >= 15 is 0 Å². The Kier molecular flexibility index (Phi) is 5.60. The molecule has 0 aromatic heterocycles. The SMILES string of the molecule is NC/C(=C\F)COc1ccc(C23CCC(C(=O)NC4CC(F)(F)C4)(CC2)CC3)cc1. The van der Waals surface area contributed by atoms with Crippen LogP contribution in [0.2, 0.25) is 0 Å². The van der Waals surface area contributed by atoms with Crippen LogP contribution in [0.5, 0.6) is 5.75 Å². The molecule has 0 aliphatic heterocycles. The molecule has 0 saturated heterocycles. The van der Waals surface area contributed by atoms with Crippen molar-refractivity contribution in [3.63, 3.8) is 0 Å². The molecule has 1 aromatic carbocycles. The summed E-state index contributed by atoms with van der Waals surface area (Å²) in [5.41, 5.74) is 6.74. The molecule has 164 valence electrons. The summed E-state index contributed by atoms with van der Waals surface area (Å²) >= 11 is 0. The van der Waals surface area contributed by atoms with Crippen LogP contribution < -0.4 is 15.8 Å². The molecular weight excluding hydrogens is 393 g/mol. The van der Waals surface area contributed by atoms with Gasteiger partial charge in [0.15, 0.2) is 0 Å². The number of benzene rings is 1. The maximum atomic E-state index is 13.1. The van der Waals surface area contributed by atoms with Crippen molar-refractivity contribution in [1.82, 2.24) is 5.32 Å². The minimum absolute atomic E-state index is 0.0309. The predicted molar refractivity (Wildman–Crippen MR) is 108 cm³/mol. The molecule has 0 radical (unpaired) electrons. The zero-order valence-corrected chi connectivity index (χ0v) is 17.1. The van der Waals surface area contributed by atoms with Crippen molar-refractivity contribution in [3.8, 4) is 5.75 Å². The smallest absolute Gasteiger partial charge is 0.252 e. The topological polar surface area (TPSA) is 64.3 Å². The standard InChI is InChI=1S/C23H29F3N2O2/c24-13-16(14-27)15-30-19-3-1-17(2-4-19)21-5-8-22(9-6-21,10-7-21)20(29)28-18-11-23(25,26)12-18/h1-4,13,18H,5-12,14-15,27H2,(H,28,29)/b16-13+. The molecule has 30 heavy (non-hydrogen) atoms. The number of alkyl halides is 2. The average Bonchev–Trinajstić information content (AvgIpc) is 2.75. The lowest BCUT2D eigenvalue weighted by Gasteiger charge is -2.53. The summed E-state index contributed by atoms with van der Waals surface area (Å²) in [6, 6.07) is 7.54. The number of fused-ring (bicyclic) bond motifs is 3. The minimum atomic E-state index is -2.62. The highest BCUT2D eigenvalue weighted by atomic mass is 19.3. The molecule has 1 aromatic rings. The molecule has 0 spiro atoms. The number of nitrogens with one attached hydrogen (secondary N) is 1. The molecule has 5 rings (SSSR count). The van der Waals surface area contributed by atoms with Crippen molar-refractivity contribution < 1.29 is 22.7 Å². The predicted octanol–water partition coefficient (Wildman–Crippen LogP) is 4.38. The van der Waals surface area contributed by atoms with E-state index in [4.69, 9.17) is 10.5 Å². The largest absolute Gasteiger partial charge is 0.489 e. The summed E-state index contributed by atoms with van der Waals surface area (Å²) in [5.74, 6) is -1.98. The van der Waals surface area contributed by atoms with E-state index < -0.39 is 11.3 Å². The lowest BCUT2D eigenvalue weighted by molar-refractivity contribution is -0.144. The normalized spacial score (nSPS) is 30.6. The highest BCUT2D eigenvalue weighted by Crippen LogP contribution is 2.58. The van der Waals surface area contributed by atoms with E-state index in [0.717, 1.165) is 38.5 Å². The van der Waals surface area contributed by atoms with Crippen LogP contribution in [-0.4, -0.2) is 31.0 Å². The van der Waals surface area contributed by atoms with E-state index in [0.29, 0.717) is 17.7 Å². The van der Waals surface area contributed by atoms with Gasteiger partial charge in [-0.2, -0.15) is 0 Å². The fraction of sp³-hybridized carbons (Fsp3) is 0.609. The van der Waals surface area contributed by atoms with Crippen LogP contribution in [-0.2, 0) is 10.2 Å². The first-order valence-corrected chi connectivity index (χ1v) is 10.7. The minimum Gasteiger partial charge on any atom is -0.489 e. The first-order chi connectivity index (χ1) is 14.3. The van der Waals surface area contributed by atoms with Gasteiger partial charge in [-0.1, -0.05) is 12.1 Å². The number of nitrogens with two attached hydrogens (primary N) is 1. The second kappa shape index (κ2) is 7.91. The number of halogens is 3. The molecule has 4 aliphatic carbocycles. The van der Waals surface area contributed by atoms with Crippen molar-refractivity contribution in [2.45, 2.75) is 68.7 Å². The van der Waals surface area contributed by atoms with Crippen molar-refractivity contribution in [1.29, 1.82) is 0 Å². The Bertz CT molecular complexity index is 790. The number of carbonyl (C=O) groups excluding carboxylic acids is 1. The van der Waals surface area contributed by atoms with E-state index in [1.807, 2.05) is 12.1 Å². The van der Waals surface area contributed by atoms with Crippen LogP contribution in [0.3, 0.4) is 0 Å². The molecule has 0 atom stereocenters. The third-order valence-corrected chi connectivity index (χ3v) is 7.46. The fourth-order valence-corrected chi connectivity index (χ4v) is 5.28. The van der Waals surface area contributed by atoms with Gasteiger partial charge in [0, 0.05) is 36.4 Å². The lowest BCUT2D eigenvalue weighted by Crippen LogP contribution is -2.57. The molecule has 7 heteroatoms. The quantitative estimate of drug-likeness (QED) is 0.685. The molecule has 3 N–H and O–H groups in total. The zero-order chi connectivity index (χ0) is 21.4. The number of hydrogen-bond acceptors (Lipinski definition) is 3. The van der Waals surface area contributed by atoms with Crippen LogP contribution in [0.25, 0.3) is 0 Å². The lowest BCUT2D eigenvalue weighted by atomic mass is 9.51. The number of carbonyl (C=O) groups is 1. The molecule has 4 fully saturated rings. The van der Waals surface area contributed by atoms with Crippen molar-refractivity contribution in [2.24, 2.45) is 11.1 Å². The Morgan fingerprint density at radius 2 is 1.70 bits per heavy atom. The molecule has 4 aliphatic rings. The molecule has 1 amide bonds. The number of hydrogen-bond donors (Lipinski definition) is 2. The maximum absolute atomic E-state index is 13.1. The highest BCUT2D eigenvalue weighted by Gasteiger charge is 2.54. The molecular formula is C23H29F3N2O2. The van der Waals surface area contributed by atoms with Gasteiger partial charge in [-0.05, 0) is 61.6 Å². The van der Waals surface area contributed by atoms with Gasteiger partial charge in [0.05, 0.1) is 6.33 Å².